The maximum absolute atomic E-state index is 12.4. The number of piperazine rings is 1. The molecule has 7 nitrogen and oxygen atoms in total. The fourth-order valence-corrected chi connectivity index (χ4v) is 2.58. The summed E-state index contributed by atoms with van der Waals surface area (Å²) in [5, 5.41) is 9.26. The quantitative estimate of drug-likeness (QED) is 0.837. The van der Waals surface area contributed by atoms with Crippen molar-refractivity contribution in [3.63, 3.8) is 0 Å². The molecule has 1 fully saturated rings. The molecule has 0 saturated carbocycles. The molecule has 1 N–H and O–H groups in total. The molecule has 1 aliphatic heterocycles. The molecular formula is C16H22N2O5. The number of anilines is 1. The van der Waals surface area contributed by atoms with E-state index in [-0.39, 0.29) is 19.0 Å². The lowest BCUT2D eigenvalue weighted by Crippen LogP contribution is -2.63. The molecule has 0 bridgehead atoms. The van der Waals surface area contributed by atoms with Gasteiger partial charge in [-0.25, -0.2) is 4.79 Å². The van der Waals surface area contributed by atoms with E-state index in [2.05, 4.69) is 0 Å². The summed E-state index contributed by atoms with van der Waals surface area (Å²) in [4.78, 5) is 26.5. The Morgan fingerprint density at radius 1 is 1.30 bits per heavy atom. The summed E-state index contributed by atoms with van der Waals surface area (Å²) in [6.45, 7) is 4.52. The van der Waals surface area contributed by atoms with E-state index in [0.29, 0.717) is 24.7 Å². The molecule has 1 aromatic rings. The first-order chi connectivity index (χ1) is 10.9. The van der Waals surface area contributed by atoms with Crippen LogP contribution in [0.1, 0.15) is 13.8 Å². The van der Waals surface area contributed by atoms with Crippen LogP contribution in [0.25, 0.3) is 0 Å². The maximum atomic E-state index is 12.4. The summed E-state index contributed by atoms with van der Waals surface area (Å²) in [5.41, 5.74) is -0.0361. The molecule has 23 heavy (non-hydrogen) atoms. The molecule has 2 rings (SSSR count). The van der Waals surface area contributed by atoms with E-state index in [1.54, 1.807) is 38.0 Å². The average Bonchev–Trinajstić information content (AvgIpc) is 2.50. The van der Waals surface area contributed by atoms with Crippen LogP contribution in [0.2, 0.25) is 0 Å². The van der Waals surface area contributed by atoms with Gasteiger partial charge in [-0.1, -0.05) is 12.1 Å². The van der Waals surface area contributed by atoms with Crippen LogP contribution in [0, 0.1) is 0 Å². The van der Waals surface area contributed by atoms with Gasteiger partial charge in [0.25, 0.3) is 0 Å². The number of hydrogen-bond acceptors (Lipinski definition) is 4. The Morgan fingerprint density at radius 2 is 2.00 bits per heavy atom. The predicted octanol–water partition coefficient (Wildman–Crippen LogP) is 1.82. The smallest absolute Gasteiger partial charge is 0.408 e. The summed E-state index contributed by atoms with van der Waals surface area (Å²) in [5.74, 6) is 0.312. The standard InChI is InChI=1S/C16H22N2O5/c1-16(2)11-17(14(19)10-18(16)15(20)21)12-6-4-5-7-13(12)23-9-8-22-3/h4-7H,8-11H2,1-3H3,(H,20,21). The van der Waals surface area contributed by atoms with Crippen molar-refractivity contribution in [2.24, 2.45) is 0 Å². The largest absolute Gasteiger partial charge is 0.489 e. The lowest BCUT2D eigenvalue weighted by molar-refractivity contribution is -0.123. The van der Waals surface area contributed by atoms with Gasteiger partial charge in [0.05, 0.1) is 17.8 Å². The minimum Gasteiger partial charge on any atom is -0.489 e. The average molecular weight is 322 g/mol. The second-order valence-electron chi connectivity index (χ2n) is 5.97. The molecule has 0 aromatic heterocycles. The number of rotatable bonds is 5. The van der Waals surface area contributed by atoms with Crippen LogP contribution in [0.5, 0.6) is 5.75 Å². The molecule has 0 radical (unpaired) electrons. The van der Waals surface area contributed by atoms with E-state index < -0.39 is 11.6 Å². The molecule has 1 aromatic carbocycles. The van der Waals surface area contributed by atoms with Crippen LogP contribution in [0.15, 0.2) is 24.3 Å². The number of methoxy groups -OCH3 is 1. The van der Waals surface area contributed by atoms with Gasteiger partial charge in [-0.2, -0.15) is 0 Å². The van der Waals surface area contributed by atoms with E-state index in [9.17, 15) is 14.7 Å². The van der Waals surface area contributed by atoms with Gasteiger partial charge in [-0.15, -0.1) is 0 Å². The lowest BCUT2D eigenvalue weighted by atomic mass is 9.98. The van der Waals surface area contributed by atoms with Gasteiger partial charge in [-0.3, -0.25) is 9.69 Å². The number of benzene rings is 1. The van der Waals surface area contributed by atoms with E-state index in [1.807, 2.05) is 12.1 Å². The Morgan fingerprint density at radius 3 is 2.65 bits per heavy atom. The molecule has 126 valence electrons. The van der Waals surface area contributed by atoms with Crippen LogP contribution in [0.4, 0.5) is 10.5 Å². The Balaban J connectivity index is 2.25. The SMILES string of the molecule is COCCOc1ccccc1N1CC(C)(C)N(C(=O)O)CC1=O. The molecule has 0 spiro atoms. The molecule has 0 aliphatic carbocycles. The van der Waals surface area contributed by atoms with E-state index >= 15 is 0 Å². The van der Waals surface area contributed by atoms with Crippen molar-refractivity contribution in [1.82, 2.24) is 4.90 Å². The zero-order valence-electron chi connectivity index (χ0n) is 13.6. The van der Waals surface area contributed by atoms with Crippen molar-refractivity contribution >= 4 is 17.7 Å². The van der Waals surface area contributed by atoms with Crippen LogP contribution in [-0.2, 0) is 9.53 Å². The van der Waals surface area contributed by atoms with Gasteiger partial charge in [0.2, 0.25) is 5.91 Å². The van der Waals surface area contributed by atoms with Crippen molar-refractivity contribution in [3.05, 3.63) is 24.3 Å². The van der Waals surface area contributed by atoms with Gasteiger partial charge in [-0.05, 0) is 26.0 Å². The van der Waals surface area contributed by atoms with Crippen molar-refractivity contribution in [2.45, 2.75) is 19.4 Å². The zero-order chi connectivity index (χ0) is 17.0. The Labute approximate surface area is 135 Å². The Bertz CT molecular complexity index is 588. The second-order valence-corrected chi connectivity index (χ2v) is 5.97. The summed E-state index contributed by atoms with van der Waals surface area (Å²) in [6.07, 6.45) is -1.09. The Kier molecular flexibility index (Phi) is 5.10. The van der Waals surface area contributed by atoms with Crippen LogP contribution in [-0.4, -0.2) is 61.0 Å². The first kappa shape index (κ1) is 17.1. The highest BCUT2D eigenvalue weighted by molar-refractivity contribution is 5.98. The Hall–Kier alpha value is -2.28. The summed E-state index contributed by atoms with van der Waals surface area (Å²) in [6, 6.07) is 7.23. The lowest BCUT2D eigenvalue weighted by Gasteiger charge is -2.45. The van der Waals surface area contributed by atoms with Gasteiger partial charge in [0.1, 0.15) is 18.9 Å². The zero-order valence-corrected chi connectivity index (χ0v) is 13.6. The third-order valence-corrected chi connectivity index (χ3v) is 3.80. The van der Waals surface area contributed by atoms with Crippen molar-refractivity contribution in [3.8, 4) is 5.75 Å². The van der Waals surface area contributed by atoms with Gasteiger partial charge in [0.15, 0.2) is 0 Å². The highest BCUT2D eigenvalue weighted by Gasteiger charge is 2.41. The summed E-state index contributed by atoms with van der Waals surface area (Å²) < 4.78 is 10.6. The topological polar surface area (TPSA) is 79.3 Å². The van der Waals surface area contributed by atoms with Gasteiger partial charge >= 0.3 is 6.09 Å². The molecule has 7 heteroatoms. The van der Waals surface area contributed by atoms with Crippen LogP contribution >= 0.6 is 0 Å². The number of carboxylic acid groups (broad SMARTS) is 1. The van der Waals surface area contributed by atoms with E-state index in [1.165, 1.54) is 4.90 Å². The highest BCUT2D eigenvalue weighted by Crippen LogP contribution is 2.33. The molecule has 1 heterocycles. The molecule has 2 amide bonds. The normalized spacial score (nSPS) is 17.3. The third-order valence-electron chi connectivity index (χ3n) is 3.80. The van der Waals surface area contributed by atoms with Gasteiger partial charge in [0, 0.05) is 13.7 Å². The van der Waals surface area contributed by atoms with E-state index in [0.717, 1.165) is 0 Å². The number of hydrogen-bond donors (Lipinski definition) is 1. The van der Waals surface area contributed by atoms with Crippen molar-refractivity contribution in [2.75, 3.05) is 38.3 Å². The number of para-hydroxylation sites is 2. The number of ether oxygens (including phenoxy) is 2. The summed E-state index contributed by atoms with van der Waals surface area (Å²) >= 11 is 0. The molecule has 1 saturated heterocycles. The first-order valence-corrected chi connectivity index (χ1v) is 7.38. The maximum Gasteiger partial charge on any atom is 0.408 e. The molecule has 0 unspecified atom stereocenters. The van der Waals surface area contributed by atoms with Crippen LogP contribution < -0.4 is 9.64 Å². The minimum atomic E-state index is -1.09. The highest BCUT2D eigenvalue weighted by atomic mass is 16.5. The number of carbonyl (C=O) groups is 2. The molecular weight excluding hydrogens is 300 g/mol. The van der Waals surface area contributed by atoms with Crippen molar-refractivity contribution < 1.29 is 24.2 Å². The predicted molar refractivity (Wildman–Crippen MR) is 85.0 cm³/mol. The minimum absolute atomic E-state index is 0.172. The first-order valence-electron chi connectivity index (χ1n) is 7.38. The van der Waals surface area contributed by atoms with Crippen LogP contribution in [0.3, 0.4) is 0 Å². The monoisotopic (exact) mass is 322 g/mol. The fraction of sp³-hybridized carbons (Fsp3) is 0.500. The summed E-state index contributed by atoms with van der Waals surface area (Å²) in [7, 11) is 1.59. The molecule has 1 aliphatic rings. The third kappa shape index (κ3) is 3.73. The van der Waals surface area contributed by atoms with Gasteiger partial charge < -0.3 is 19.5 Å². The fourth-order valence-electron chi connectivity index (χ4n) is 2.58. The number of carbonyl (C=O) groups excluding carboxylic acids is 1. The molecule has 0 atom stereocenters. The van der Waals surface area contributed by atoms with Crippen molar-refractivity contribution in [1.29, 1.82) is 0 Å². The number of nitrogens with zero attached hydrogens (tertiary/aromatic N) is 2. The second kappa shape index (κ2) is 6.87. The van der Waals surface area contributed by atoms with E-state index in [4.69, 9.17) is 9.47 Å². The number of amides is 2.